The molecule has 0 unspecified atom stereocenters. The van der Waals surface area contributed by atoms with E-state index >= 15 is 0 Å². The van der Waals surface area contributed by atoms with Gasteiger partial charge in [0.15, 0.2) is 0 Å². The van der Waals surface area contributed by atoms with Gasteiger partial charge in [0.05, 0.1) is 6.10 Å². The first kappa shape index (κ1) is 6.05. The molecule has 1 rings (SSSR count). The molecule has 1 fully saturated rings. The molecule has 0 aromatic heterocycles. The van der Waals surface area contributed by atoms with Crippen molar-refractivity contribution < 1.29 is 5.11 Å². The van der Waals surface area contributed by atoms with Gasteiger partial charge in [-0.3, -0.25) is 0 Å². The fourth-order valence-electron chi connectivity index (χ4n) is 1.19. The molecular formula is C6H13NO. The highest BCUT2D eigenvalue weighted by Gasteiger charge is 2.25. The normalized spacial score (nSPS) is 47.6. The Bertz CT molecular complexity index is 74.6. The minimum atomic E-state index is -0.120. The minimum absolute atomic E-state index is 0.120. The molecule has 2 nitrogen and oxygen atoms in total. The van der Waals surface area contributed by atoms with Crippen LogP contribution in [-0.4, -0.2) is 23.3 Å². The van der Waals surface area contributed by atoms with Crippen LogP contribution < -0.4 is 5.32 Å². The van der Waals surface area contributed by atoms with Crippen molar-refractivity contribution in [2.24, 2.45) is 0 Å². The average Bonchev–Trinajstić information content (AvgIpc) is 1.85. The van der Waals surface area contributed by atoms with Crippen molar-refractivity contribution in [1.29, 1.82) is 0 Å². The van der Waals surface area contributed by atoms with E-state index in [0.717, 1.165) is 6.42 Å². The van der Waals surface area contributed by atoms with Crippen LogP contribution in [0, 0.1) is 0 Å². The van der Waals surface area contributed by atoms with Gasteiger partial charge in [-0.25, -0.2) is 0 Å². The van der Waals surface area contributed by atoms with E-state index in [-0.39, 0.29) is 6.10 Å². The molecule has 0 saturated carbocycles. The molecule has 8 heavy (non-hydrogen) atoms. The SMILES string of the molecule is C[C@@H]1C[C@@H](O)[C@@H](C)N1. The molecule has 1 aliphatic heterocycles. The van der Waals surface area contributed by atoms with Crippen LogP contribution in [0.4, 0.5) is 0 Å². The summed E-state index contributed by atoms with van der Waals surface area (Å²) in [6.07, 6.45) is 0.784. The van der Waals surface area contributed by atoms with Crippen LogP contribution in [0.25, 0.3) is 0 Å². The maximum absolute atomic E-state index is 9.11. The Balaban J connectivity index is 2.39. The number of rotatable bonds is 0. The van der Waals surface area contributed by atoms with Gasteiger partial charge in [-0.1, -0.05) is 0 Å². The van der Waals surface area contributed by atoms with E-state index in [2.05, 4.69) is 12.2 Å². The van der Waals surface area contributed by atoms with Crippen molar-refractivity contribution >= 4 is 0 Å². The van der Waals surface area contributed by atoms with Crippen molar-refractivity contribution in [2.45, 2.75) is 38.5 Å². The molecule has 3 atom stereocenters. The predicted octanol–water partition coefficient (Wildman–Crippen LogP) is 0.118. The van der Waals surface area contributed by atoms with Gasteiger partial charge in [0.1, 0.15) is 0 Å². The zero-order valence-electron chi connectivity index (χ0n) is 5.39. The average molecular weight is 115 g/mol. The standard InChI is InChI=1S/C6H13NO/c1-4-3-6(8)5(2)7-4/h4-8H,3H2,1-2H3/t4-,5-,6-/m1/s1. The molecule has 2 N–H and O–H groups in total. The van der Waals surface area contributed by atoms with E-state index in [1.165, 1.54) is 0 Å². The zero-order chi connectivity index (χ0) is 6.15. The number of hydrogen-bond donors (Lipinski definition) is 2. The molecule has 48 valence electrons. The van der Waals surface area contributed by atoms with Gasteiger partial charge in [0.2, 0.25) is 0 Å². The summed E-state index contributed by atoms with van der Waals surface area (Å²) >= 11 is 0. The van der Waals surface area contributed by atoms with Gasteiger partial charge < -0.3 is 10.4 Å². The van der Waals surface area contributed by atoms with Gasteiger partial charge in [-0.05, 0) is 20.3 Å². The van der Waals surface area contributed by atoms with Crippen molar-refractivity contribution in [2.75, 3.05) is 0 Å². The quantitative estimate of drug-likeness (QED) is 0.470. The van der Waals surface area contributed by atoms with Crippen LogP contribution in [0.15, 0.2) is 0 Å². The third kappa shape index (κ3) is 1.01. The van der Waals surface area contributed by atoms with Crippen LogP contribution in [0.3, 0.4) is 0 Å². The van der Waals surface area contributed by atoms with Gasteiger partial charge in [-0.15, -0.1) is 0 Å². The van der Waals surface area contributed by atoms with Crippen molar-refractivity contribution in [3.63, 3.8) is 0 Å². The summed E-state index contributed by atoms with van der Waals surface area (Å²) in [6, 6.07) is 0.796. The van der Waals surface area contributed by atoms with Gasteiger partial charge >= 0.3 is 0 Å². The highest BCUT2D eigenvalue weighted by molar-refractivity contribution is 4.84. The Morgan fingerprint density at radius 2 is 2.12 bits per heavy atom. The monoisotopic (exact) mass is 115 g/mol. The van der Waals surface area contributed by atoms with E-state index < -0.39 is 0 Å². The first-order valence-electron chi connectivity index (χ1n) is 3.14. The fraction of sp³-hybridized carbons (Fsp3) is 1.00. The lowest BCUT2D eigenvalue weighted by atomic mass is 10.2. The second-order valence-electron chi connectivity index (χ2n) is 2.66. The third-order valence-electron chi connectivity index (χ3n) is 1.72. The molecule has 0 radical (unpaired) electrons. The molecule has 2 heteroatoms. The summed E-state index contributed by atoms with van der Waals surface area (Å²) in [6.45, 7) is 4.10. The summed E-state index contributed by atoms with van der Waals surface area (Å²) in [5.74, 6) is 0. The number of aliphatic hydroxyl groups is 1. The number of nitrogens with one attached hydrogen (secondary N) is 1. The maximum Gasteiger partial charge on any atom is 0.0705 e. The topological polar surface area (TPSA) is 32.3 Å². The Morgan fingerprint density at radius 3 is 2.25 bits per heavy atom. The van der Waals surface area contributed by atoms with Crippen LogP contribution >= 0.6 is 0 Å². The zero-order valence-corrected chi connectivity index (χ0v) is 5.39. The molecule has 0 aliphatic carbocycles. The summed E-state index contributed by atoms with van der Waals surface area (Å²) in [7, 11) is 0. The summed E-state index contributed by atoms with van der Waals surface area (Å²) in [5.41, 5.74) is 0. The van der Waals surface area contributed by atoms with E-state index in [9.17, 15) is 0 Å². The second-order valence-corrected chi connectivity index (χ2v) is 2.66. The van der Waals surface area contributed by atoms with E-state index in [1.54, 1.807) is 0 Å². The molecule has 0 aromatic carbocycles. The van der Waals surface area contributed by atoms with Gasteiger partial charge in [0.25, 0.3) is 0 Å². The molecular weight excluding hydrogens is 102 g/mol. The summed E-state index contributed by atoms with van der Waals surface area (Å²) < 4.78 is 0. The van der Waals surface area contributed by atoms with Crippen molar-refractivity contribution in [3.05, 3.63) is 0 Å². The summed E-state index contributed by atoms with van der Waals surface area (Å²) in [4.78, 5) is 0. The fourth-order valence-corrected chi connectivity index (χ4v) is 1.19. The maximum atomic E-state index is 9.11. The highest BCUT2D eigenvalue weighted by Crippen LogP contribution is 2.11. The van der Waals surface area contributed by atoms with E-state index in [1.807, 2.05) is 6.92 Å². The number of aliphatic hydroxyl groups excluding tert-OH is 1. The highest BCUT2D eigenvalue weighted by atomic mass is 16.3. The van der Waals surface area contributed by atoms with Crippen molar-refractivity contribution in [3.8, 4) is 0 Å². The van der Waals surface area contributed by atoms with Crippen LogP contribution in [-0.2, 0) is 0 Å². The van der Waals surface area contributed by atoms with Crippen LogP contribution in [0.1, 0.15) is 20.3 Å². The van der Waals surface area contributed by atoms with Gasteiger partial charge in [0, 0.05) is 12.1 Å². The second kappa shape index (κ2) is 2.03. The van der Waals surface area contributed by atoms with Crippen molar-refractivity contribution in [1.82, 2.24) is 5.32 Å². The van der Waals surface area contributed by atoms with E-state index in [0.29, 0.717) is 12.1 Å². The van der Waals surface area contributed by atoms with E-state index in [4.69, 9.17) is 5.11 Å². The first-order valence-corrected chi connectivity index (χ1v) is 3.14. The molecule has 0 spiro atoms. The largest absolute Gasteiger partial charge is 0.391 e. The minimum Gasteiger partial charge on any atom is -0.391 e. The lowest BCUT2D eigenvalue weighted by molar-refractivity contribution is 0.165. The molecule has 0 aromatic rings. The first-order chi connectivity index (χ1) is 3.70. The lowest BCUT2D eigenvalue weighted by Crippen LogP contribution is -2.28. The Kier molecular flexibility index (Phi) is 1.54. The molecule has 1 heterocycles. The smallest absolute Gasteiger partial charge is 0.0705 e. The predicted molar refractivity (Wildman–Crippen MR) is 32.7 cm³/mol. The summed E-state index contributed by atoms with van der Waals surface area (Å²) in [5, 5.41) is 12.3. The van der Waals surface area contributed by atoms with Crippen LogP contribution in [0.2, 0.25) is 0 Å². The molecule has 0 bridgehead atoms. The number of hydrogen-bond acceptors (Lipinski definition) is 2. The Morgan fingerprint density at radius 1 is 1.50 bits per heavy atom. The third-order valence-corrected chi connectivity index (χ3v) is 1.72. The molecule has 0 amide bonds. The van der Waals surface area contributed by atoms with Crippen LogP contribution in [0.5, 0.6) is 0 Å². The molecule has 1 aliphatic rings. The van der Waals surface area contributed by atoms with Gasteiger partial charge in [-0.2, -0.15) is 0 Å². The Hall–Kier alpha value is -0.0800. The Labute approximate surface area is 49.9 Å². The lowest BCUT2D eigenvalue weighted by Gasteiger charge is -2.05. The molecule has 1 saturated heterocycles.